The van der Waals surface area contributed by atoms with E-state index in [9.17, 15) is 0 Å². The van der Waals surface area contributed by atoms with E-state index in [1.807, 2.05) is 0 Å². The van der Waals surface area contributed by atoms with Gasteiger partial charge in [0.15, 0.2) is 0 Å². The van der Waals surface area contributed by atoms with Crippen LogP contribution in [-0.2, 0) is 0 Å². The Morgan fingerprint density at radius 3 is 3.06 bits per heavy atom. The maximum Gasteiger partial charge on any atom is 0.150 e. The fourth-order valence-electron chi connectivity index (χ4n) is 2.89. The van der Waals surface area contributed by atoms with Crippen molar-refractivity contribution in [2.45, 2.75) is 32.6 Å². The van der Waals surface area contributed by atoms with Crippen LogP contribution in [0.25, 0.3) is 10.1 Å². The van der Waals surface area contributed by atoms with Crippen molar-refractivity contribution in [2.24, 2.45) is 5.92 Å². The molecule has 0 bridgehead atoms. The second-order valence-corrected chi connectivity index (χ2v) is 6.00. The normalized spacial score (nSPS) is 21.2. The molecular weight excluding hydrogens is 240 g/mol. The molecule has 1 unspecified atom stereocenters. The Bertz CT molecular complexity index is 520. The average molecular weight is 260 g/mol. The molecule has 0 radical (unpaired) electrons. The first-order valence-electron chi connectivity index (χ1n) is 6.98. The van der Waals surface area contributed by atoms with Gasteiger partial charge in [-0.25, -0.2) is 0 Å². The second-order valence-electron chi connectivity index (χ2n) is 5.19. The van der Waals surface area contributed by atoms with Gasteiger partial charge in [0.25, 0.3) is 0 Å². The van der Waals surface area contributed by atoms with Crippen molar-refractivity contribution < 1.29 is 0 Å². The van der Waals surface area contributed by atoms with Gasteiger partial charge in [-0.3, -0.25) is 0 Å². The molecule has 1 fully saturated rings. The minimum Gasteiger partial charge on any atom is -0.355 e. The molecule has 2 nitrogen and oxygen atoms in total. The monoisotopic (exact) mass is 260 g/mol. The summed E-state index contributed by atoms with van der Waals surface area (Å²) in [6, 6.07) is 8.59. The van der Waals surface area contributed by atoms with Crippen LogP contribution in [0.15, 0.2) is 24.3 Å². The van der Waals surface area contributed by atoms with Gasteiger partial charge in [-0.1, -0.05) is 25.5 Å². The number of benzene rings is 1. The number of hydrogen-bond donors (Lipinski definition) is 0. The minimum atomic E-state index is 0.917. The first-order valence-corrected chi connectivity index (χ1v) is 7.75. The van der Waals surface area contributed by atoms with Gasteiger partial charge in [0.05, 0.1) is 4.70 Å². The Morgan fingerprint density at radius 2 is 2.17 bits per heavy atom. The number of rotatable bonds is 2. The molecule has 0 spiro atoms. The summed E-state index contributed by atoms with van der Waals surface area (Å²) in [5.74, 6) is 2.13. The maximum absolute atomic E-state index is 4.68. The molecule has 2 aromatic rings. The molecule has 18 heavy (non-hydrogen) atoms. The van der Waals surface area contributed by atoms with Crippen molar-refractivity contribution in [2.75, 3.05) is 18.0 Å². The third-order valence-corrected chi connectivity index (χ3v) is 4.90. The standard InChI is InChI=1S/C15H20N2S/c1-2-12-6-5-10-17(11-9-12)15-13-7-3-4-8-14(13)18-16-15/h3-4,7-8,12H,2,5-6,9-11H2,1H3. The zero-order valence-corrected chi connectivity index (χ0v) is 11.7. The van der Waals surface area contributed by atoms with E-state index in [0.717, 1.165) is 5.92 Å². The summed E-state index contributed by atoms with van der Waals surface area (Å²) in [6.07, 6.45) is 5.34. The predicted molar refractivity (Wildman–Crippen MR) is 79.5 cm³/mol. The molecule has 0 amide bonds. The quantitative estimate of drug-likeness (QED) is 0.799. The lowest BCUT2D eigenvalue weighted by Gasteiger charge is -2.20. The van der Waals surface area contributed by atoms with Crippen LogP contribution in [-0.4, -0.2) is 17.5 Å². The zero-order chi connectivity index (χ0) is 12.4. The molecule has 0 aliphatic carbocycles. The topological polar surface area (TPSA) is 16.1 Å². The third-order valence-electron chi connectivity index (χ3n) is 4.08. The smallest absolute Gasteiger partial charge is 0.150 e. The molecule has 1 aromatic carbocycles. The maximum atomic E-state index is 4.68. The van der Waals surface area contributed by atoms with Gasteiger partial charge in [0.1, 0.15) is 5.82 Å². The van der Waals surface area contributed by atoms with Gasteiger partial charge in [0, 0.05) is 18.5 Å². The lowest BCUT2D eigenvalue weighted by atomic mass is 9.98. The van der Waals surface area contributed by atoms with E-state index >= 15 is 0 Å². The molecule has 3 rings (SSSR count). The molecule has 1 aliphatic heterocycles. The summed E-state index contributed by atoms with van der Waals surface area (Å²) in [6.45, 7) is 4.66. The van der Waals surface area contributed by atoms with E-state index in [1.54, 1.807) is 11.5 Å². The van der Waals surface area contributed by atoms with Crippen molar-refractivity contribution >= 4 is 27.4 Å². The van der Waals surface area contributed by atoms with E-state index in [-0.39, 0.29) is 0 Å². The van der Waals surface area contributed by atoms with Crippen LogP contribution in [0.4, 0.5) is 5.82 Å². The fourth-order valence-corrected chi connectivity index (χ4v) is 3.68. The van der Waals surface area contributed by atoms with E-state index in [0.29, 0.717) is 0 Å². The van der Waals surface area contributed by atoms with Gasteiger partial charge in [-0.15, -0.1) is 0 Å². The molecule has 0 N–H and O–H groups in total. The molecular formula is C15H20N2S. The van der Waals surface area contributed by atoms with E-state index in [4.69, 9.17) is 0 Å². The summed E-state index contributed by atoms with van der Waals surface area (Å²) in [5.41, 5.74) is 0. The first-order chi connectivity index (χ1) is 8.88. The summed E-state index contributed by atoms with van der Waals surface area (Å²) in [7, 11) is 0. The summed E-state index contributed by atoms with van der Waals surface area (Å²) in [5, 5.41) is 1.33. The Labute approximate surface area is 113 Å². The largest absolute Gasteiger partial charge is 0.355 e. The van der Waals surface area contributed by atoms with Gasteiger partial charge < -0.3 is 4.90 Å². The molecule has 3 heteroatoms. The lowest BCUT2D eigenvalue weighted by Crippen LogP contribution is -2.24. The lowest BCUT2D eigenvalue weighted by molar-refractivity contribution is 0.459. The van der Waals surface area contributed by atoms with E-state index in [1.165, 1.54) is 54.7 Å². The first kappa shape index (κ1) is 12.0. The number of anilines is 1. The average Bonchev–Trinajstić information content (AvgIpc) is 2.69. The molecule has 2 heterocycles. The third kappa shape index (κ3) is 2.24. The number of fused-ring (bicyclic) bond motifs is 1. The van der Waals surface area contributed by atoms with Crippen LogP contribution in [0, 0.1) is 5.92 Å². The molecule has 96 valence electrons. The molecule has 1 atom stereocenters. The van der Waals surface area contributed by atoms with Crippen LogP contribution < -0.4 is 4.90 Å². The Hall–Kier alpha value is -1.09. The van der Waals surface area contributed by atoms with Crippen LogP contribution in [0.3, 0.4) is 0 Å². The Balaban J connectivity index is 1.86. The number of hydrogen-bond acceptors (Lipinski definition) is 3. The summed E-state index contributed by atoms with van der Waals surface area (Å²) in [4.78, 5) is 2.49. The minimum absolute atomic E-state index is 0.917. The van der Waals surface area contributed by atoms with Crippen LogP contribution in [0.5, 0.6) is 0 Å². The molecule has 1 aromatic heterocycles. The predicted octanol–water partition coefficient (Wildman–Crippen LogP) is 4.31. The van der Waals surface area contributed by atoms with Crippen molar-refractivity contribution in [3.63, 3.8) is 0 Å². The number of nitrogens with zero attached hydrogens (tertiary/aromatic N) is 2. The molecule has 1 aliphatic rings. The van der Waals surface area contributed by atoms with E-state index < -0.39 is 0 Å². The molecule has 1 saturated heterocycles. The number of aromatic nitrogens is 1. The summed E-state index contributed by atoms with van der Waals surface area (Å²) < 4.78 is 5.99. The van der Waals surface area contributed by atoms with Gasteiger partial charge in [-0.2, -0.15) is 4.37 Å². The second kappa shape index (κ2) is 5.27. The van der Waals surface area contributed by atoms with Gasteiger partial charge in [-0.05, 0) is 48.8 Å². The van der Waals surface area contributed by atoms with Crippen LogP contribution in [0.2, 0.25) is 0 Å². The Morgan fingerprint density at radius 1 is 1.28 bits per heavy atom. The highest BCUT2D eigenvalue weighted by Crippen LogP contribution is 2.31. The van der Waals surface area contributed by atoms with Crippen molar-refractivity contribution in [3.05, 3.63) is 24.3 Å². The van der Waals surface area contributed by atoms with Gasteiger partial charge >= 0.3 is 0 Å². The zero-order valence-electron chi connectivity index (χ0n) is 10.9. The van der Waals surface area contributed by atoms with Gasteiger partial charge in [0.2, 0.25) is 0 Å². The summed E-state index contributed by atoms with van der Waals surface area (Å²) >= 11 is 1.63. The highest BCUT2D eigenvalue weighted by Gasteiger charge is 2.19. The van der Waals surface area contributed by atoms with Crippen molar-refractivity contribution in [3.8, 4) is 0 Å². The van der Waals surface area contributed by atoms with Crippen molar-refractivity contribution in [1.29, 1.82) is 0 Å². The van der Waals surface area contributed by atoms with Crippen LogP contribution >= 0.6 is 11.5 Å². The van der Waals surface area contributed by atoms with Crippen LogP contribution in [0.1, 0.15) is 32.6 Å². The molecule has 0 saturated carbocycles. The highest BCUT2D eigenvalue weighted by atomic mass is 32.1. The SMILES string of the molecule is CCC1CCCN(c2nsc3ccccc23)CC1. The van der Waals surface area contributed by atoms with E-state index in [2.05, 4.69) is 40.5 Å². The highest BCUT2D eigenvalue weighted by molar-refractivity contribution is 7.13. The Kier molecular flexibility index (Phi) is 3.50. The van der Waals surface area contributed by atoms with Crippen molar-refractivity contribution in [1.82, 2.24) is 4.37 Å². The fraction of sp³-hybridized carbons (Fsp3) is 0.533.